The van der Waals surface area contributed by atoms with E-state index in [1.165, 1.54) is 0 Å². The molecule has 0 fully saturated rings. The Balaban J connectivity index is 2.57. The molecule has 4 heteroatoms. The van der Waals surface area contributed by atoms with Crippen LogP contribution in [-0.2, 0) is 0 Å². The standard InChI is InChI=1S/C14H13IN2O/c1-9(2)8-18-14-10(6-16)7-17-13-4-3-11(15)5-12(13)14/h3-5,7,9H,8H2,1-2H3. The van der Waals surface area contributed by atoms with E-state index in [0.717, 1.165) is 14.5 Å². The zero-order chi connectivity index (χ0) is 13.1. The summed E-state index contributed by atoms with van der Waals surface area (Å²) in [6, 6.07) is 8.08. The molecular weight excluding hydrogens is 339 g/mol. The van der Waals surface area contributed by atoms with Gasteiger partial charge in [0.15, 0.2) is 0 Å². The number of nitrogens with zero attached hydrogens (tertiary/aromatic N) is 2. The van der Waals surface area contributed by atoms with Gasteiger partial charge in [-0.15, -0.1) is 0 Å². The molecule has 92 valence electrons. The number of rotatable bonds is 3. The largest absolute Gasteiger partial charge is 0.491 e. The minimum Gasteiger partial charge on any atom is -0.491 e. The van der Waals surface area contributed by atoms with Crippen molar-refractivity contribution < 1.29 is 4.74 Å². The summed E-state index contributed by atoms with van der Waals surface area (Å²) in [6.45, 7) is 4.76. The molecule has 3 nitrogen and oxygen atoms in total. The minimum atomic E-state index is 0.419. The van der Waals surface area contributed by atoms with Crippen LogP contribution in [0.3, 0.4) is 0 Å². The second-order valence-corrected chi connectivity index (χ2v) is 5.72. The van der Waals surface area contributed by atoms with E-state index < -0.39 is 0 Å². The summed E-state index contributed by atoms with van der Waals surface area (Å²) in [5.74, 6) is 1.07. The lowest BCUT2D eigenvalue weighted by molar-refractivity contribution is 0.273. The van der Waals surface area contributed by atoms with E-state index in [0.29, 0.717) is 23.8 Å². The van der Waals surface area contributed by atoms with Crippen LogP contribution in [0.4, 0.5) is 0 Å². The van der Waals surface area contributed by atoms with Crippen molar-refractivity contribution in [1.29, 1.82) is 5.26 Å². The van der Waals surface area contributed by atoms with Crippen LogP contribution in [0.25, 0.3) is 10.9 Å². The molecule has 0 radical (unpaired) electrons. The smallest absolute Gasteiger partial charge is 0.148 e. The average molecular weight is 352 g/mol. The Hall–Kier alpha value is -1.35. The summed E-state index contributed by atoms with van der Waals surface area (Å²) < 4.78 is 6.90. The predicted octanol–water partition coefficient (Wildman–Crippen LogP) is 3.75. The fraction of sp³-hybridized carbons (Fsp3) is 0.286. The molecule has 0 aliphatic rings. The van der Waals surface area contributed by atoms with E-state index in [2.05, 4.69) is 47.5 Å². The average Bonchev–Trinajstić information content (AvgIpc) is 2.35. The molecule has 0 amide bonds. The maximum atomic E-state index is 9.14. The van der Waals surface area contributed by atoms with Gasteiger partial charge in [-0.1, -0.05) is 13.8 Å². The lowest BCUT2D eigenvalue weighted by atomic mass is 10.1. The number of halogens is 1. The van der Waals surface area contributed by atoms with Crippen LogP contribution in [0.15, 0.2) is 24.4 Å². The fourth-order valence-corrected chi connectivity index (χ4v) is 2.12. The number of hydrogen-bond acceptors (Lipinski definition) is 3. The number of pyridine rings is 1. The predicted molar refractivity (Wildman–Crippen MR) is 79.5 cm³/mol. The molecule has 0 atom stereocenters. The van der Waals surface area contributed by atoms with Crippen molar-refractivity contribution in [1.82, 2.24) is 4.98 Å². The molecule has 2 rings (SSSR count). The first-order valence-corrected chi connectivity index (χ1v) is 6.81. The molecule has 0 N–H and O–H groups in total. The molecule has 1 heterocycles. The van der Waals surface area contributed by atoms with Gasteiger partial charge in [-0.2, -0.15) is 5.26 Å². The van der Waals surface area contributed by atoms with Crippen LogP contribution in [0.1, 0.15) is 19.4 Å². The molecule has 18 heavy (non-hydrogen) atoms. The SMILES string of the molecule is CC(C)COc1c(C#N)cnc2ccc(I)cc12. The maximum absolute atomic E-state index is 9.14. The first-order chi connectivity index (χ1) is 8.61. The second-order valence-electron chi connectivity index (χ2n) is 4.48. The molecule has 1 aromatic heterocycles. The summed E-state index contributed by atoms with van der Waals surface area (Å²) in [5, 5.41) is 10.0. The van der Waals surface area contributed by atoms with Gasteiger partial charge in [0, 0.05) is 15.2 Å². The van der Waals surface area contributed by atoms with E-state index in [1.807, 2.05) is 18.2 Å². The van der Waals surface area contributed by atoms with Crippen LogP contribution < -0.4 is 4.74 Å². The number of ether oxygens (including phenoxy) is 1. The van der Waals surface area contributed by atoms with Gasteiger partial charge in [0.25, 0.3) is 0 Å². The molecule has 0 spiro atoms. The lowest BCUT2D eigenvalue weighted by Crippen LogP contribution is -2.06. The van der Waals surface area contributed by atoms with Gasteiger partial charge in [-0.25, -0.2) is 0 Å². The Morgan fingerprint density at radius 1 is 1.44 bits per heavy atom. The number of fused-ring (bicyclic) bond motifs is 1. The molecule has 0 unspecified atom stereocenters. The molecule has 2 aromatic rings. The van der Waals surface area contributed by atoms with Crippen molar-refractivity contribution in [3.05, 3.63) is 33.5 Å². The van der Waals surface area contributed by atoms with Crippen molar-refractivity contribution in [2.75, 3.05) is 6.61 Å². The van der Waals surface area contributed by atoms with Gasteiger partial charge < -0.3 is 4.74 Å². The number of benzene rings is 1. The monoisotopic (exact) mass is 352 g/mol. The number of aromatic nitrogens is 1. The van der Waals surface area contributed by atoms with Crippen molar-refractivity contribution >= 4 is 33.5 Å². The summed E-state index contributed by atoms with van der Waals surface area (Å²) in [4.78, 5) is 4.28. The topological polar surface area (TPSA) is 45.9 Å². The Morgan fingerprint density at radius 2 is 2.22 bits per heavy atom. The van der Waals surface area contributed by atoms with Gasteiger partial charge in [0.05, 0.1) is 12.1 Å². The highest BCUT2D eigenvalue weighted by Crippen LogP contribution is 2.29. The Kier molecular flexibility index (Phi) is 4.02. The zero-order valence-electron chi connectivity index (χ0n) is 10.3. The third kappa shape index (κ3) is 2.72. The first-order valence-electron chi connectivity index (χ1n) is 5.73. The molecule has 0 saturated carbocycles. The van der Waals surface area contributed by atoms with Crippen LogP contribution >= 0.6 is 22.6 Å². The minimum absolute atomic E-state index is 0.419. The highest BCUT2D eigenvalue weighted by atomic mass is 127. The van der Waals surface area contributed by atoms with Gasteiger partial charge >= 0.3 is 0 Å². The van der Waals surface area contributed by atoms with Crippen LogP contribution in [0, 0.1) is 20.8 Å². The number of hydrogen-bond donors (Lipinski definition) is 0. The lowest BCUT2D eigenvalue weighted by Gasteiger charge is -2.12. The molecule has 0 aliphatic carbocycles. The van der Waals surface area contributed by atoms with Gasteiger partial charge in [-0.05, 0) is 46.7 Å². The first kappa shape index (κ1) is 13.1. The summed E-state index contributed by atoms with van der Waals surface area (Å²) in [7, 11) is 0. The van der Waals surface area contributed by atoms with Crippen molar-refractivity contribution in [2.45, 2.75) is 13.8 Å². The van der Waals surface area contributed by atoms with Crippen molar-refractivity contribution in [3.8, 4) is 11.8 Å². The van der Waals surface area contributed by atoms with E-state index in [9.17, 15) is 0 Å². The van der Waals surface area contributed by atoms with Crippen LogP contribution in [0.5, 0.6) is 5.75 Å². The normalized spacial score (nSPS) is 10.6. The van der Waals surface area contributed by atoms with Crippen molar-refractivity contribution in [2.24, 2.45) is 5.92 Å². The Bertz CT molecular complexity index is 617. The third-order valence-corrected chi connectivity index (χ3v) is 3.13. The molecule has 0 bridgehead atoms. The van der Waals surface area contributed by atoms with Gasteiger partial charge in [0.1, 0.15) is 17.4 Å². The highest BCUT2D eigenvalue weighted by molar-refractivity contribution is 14.1. The molecule has 0 saturated heterocycles. The highest BCUT2D eigenvalue weighted by Gasteiger charge is 2.11. The maximum Gasteiger partial charge on any atom is 0.148 e. The van der Waals surface area contributed by atoms with E-state index in [1.54, 1.807) is 6.20 Å². The van der Waals surface area contributed by atoms with Crippen molar-refractivity contribution in [3.63, 3.8) is 0 Å². The van der Waals surface area contributed by atoms with Gasteiger partial charge in [-0.3, -0.25) is 4.98 Å². The van der Waals surface area contributed by atoms with Gasteiger partial charge in [0.2, 0.25) is 0 Å². The van der Waals surface area contributed by atoms with Crippen LogP contribution in [-0.4, -0.2) is 11.6 Å². The summed E-state index contributed by atoms with van der Waals surface area (Å²) in [6.07, 6.45) is 1.57. The second kappa shape index (κ2) is 5.53. The summed E-state index contributed by atoms with van der Waals surface area (Å²) >= 11 is 2.24. The van der Waals surface area contributed by atoms with E-state index in [4.69, 9.17) is 10.00 Å². The van der Waals surface area contributed by atoms with E-state index >= 15 is 0 Å². The zero-order valence-corrected chi connectivity index (χ0v) is 12.4. The molecule has 0 aliphatic heterocycles. The van der Waals surface area contributed by atoms with E-state index in [-0.39, 0.29) is 0 Å². The van der Waals surface area contributed by atoms with Crippen LogP contribution in [0.2, 0.25) is 0 Å². The molecule has 1 aromatic carbocycles. The fourth-order valence-electron chi connectivity index (χ4n) is 1.63. The quantitative estimate of drug-likeness (QED) is 0.791. The third-order valence-electron chi connectivity index (χ3n) is 2.46. The Labute approximate surface area is 120 Å². The summed E-state index contributed by atoms with van der Waals surface area (Å²) in [5.41, 5.74) is 1.35. The Morgan fingerprint density at radius 3 is 2.89 bits per heavy atom. The number of nitriles is 1. The molecular formula is C14H13IN2O.